The molecule has 9 aliphatic rings. The van der Waals surface area contributed by atoms with Crippen LogP contribution in [0.15, 0.2) is 0 Å². The number of likely N-dealkylation sites (N-methyl/N-ethyl adjacent to an activating group) is 4. The number of piperidine rings is 4. The molecule has 9 saturated heterocycles. The molecule has 0 N–H and O–H groups in total. The van der Waals surface area contributed by atoms with Crippen LogP contribution < -0.4 is 0 Å². The quantitative estimate of drug-likeness (QED) is 0.0712. The highest BCUT2D eigenvalue weighted by Gasteiger charge is 2.36. The lowest BCUT2D eigenvalue weighted by Crippen LogP contribution is -2.60. The van der Waals surface area contributed by atoms with E-state index in [9.17, 15) is 4.79 Å². The van der Waals surface area contributed by atoms with Gasteiger partial charge in [-0.3, -0.25) is 24.4 Å². The molecule has 20 nitrogen and oxygen atoms in total. The van der Waals surface area contributed by atoms with Gasteiger partial charge in [-0.1, -0.05) is 13.8 Å². The van der Waals surface area contributed by atoms with Gasteiger partial charge in [-0.2, -0.15) is 0 Å². The first-order valence-corrected chi connectivity index (χ1v) is 45.8. The number of carbonyl (C=O) groups excluding carboxylic acids is 1. The fraction of sp³-hybridized carbons (Fsp3) is 0.989. The monoisotopic (exact) mass is 1560 g/mol. The number of ether oxygens (including phenoxy) is 1. The molecule has 0 bridgehead atoms. The Kier molecular flexibility index (Phi) is 55.8. The molecule has 0 aliphatic carbocycles. The van der Waals surface area contributed by atoms with Crippen LogP contribution in [0.5, 0.6) is 0 Å². The van der Waals surface area contributed by atoms with E-state index in [1.54, 1.807) is 6.92 Å². The molecule has 0 aromatic heterocycles. The predicted octanol–water partition coefficient (Wildman–Crippen LogP) is 11.3. The summed E-state index contributed by atoms with van der Waals surface area (Å²) in [7, 11) is 26.6. The summed E-state index contributed by atoms with van der Waals surface area (Å²) in [5.74, 6) is 0.218. The number of hydrogen-bond acceptors (Lipinski definition) is 19. The van der Waals surface area contributed by atoms with E-state index in [0.29, 0.717) is 48.3 Å². The topological polar surface area (TPSA) is 84.6 Å². The van der Waals surface area contributed by atoms with Crippen molar-refractivity contribution in [2.75, 3.05) is 268 Å². The number of carbonyl (C=O) groups is 1. The van der Waals surface area contributed by atoms with Gasteiger partial charge < -0.3 is 73.3 Å². The third-order valence-corrected chi connectivity index (χ3v) is 26.9. The lowest BCUT2D eigenvalue weighted by molar-refractivity contribution is -0.130. The van der Waals surface area contributed by atoms with Crippen molar-refractivity contribution in [1.82, 2.24) is 88.2 Å². The summed E-state index contributed by atoms with van der Waals surface area (Å²) in [4.78, 5) is 55.5. The van der Waals surface area contributed by atoms with Crippen LogP contribution >= 0.6 is 0 Å². The Morgan fingerprint density at radius 1 is 0.364 bits per heavy atom. The van der Waals surface area contributed by atoms with Crippen molar-refractivity contribution in [3.05, 3.63) is 0 Å². The summed E-state index contributed by atoms with van der Waals surface area (Å²) in [6.45, 7) is 76.5. The van der Waals surface area contributed by atoms with Gasteiger partial charge in [-0.15, -0.1) is 0 Å². The highest BCUT2D eigenvalue weighted by molar-refractivity contribution is 5.73. The van der Waals surface area contributed by atoms with Gasteiger partial charge in [0.1, 0.15) is 0 Å². The van der Waals surface area contributed by atoms with Crippen LogP contribution in [0.1, 0.15) is 228 Å². The van der Waals surface area contributed by atoms with E-state index in [-0.39, 0.29) is 5.91 Å². The molecule has 0 spiro atoms. The zero-order valence-electron chi connectivity index (χ0n) is 79.4. The van der Waals surface area contributed by atoms with Crippen LogP contribution in [0.4, 0.5) is 0 Å². The van der Waals surface area contributed by atoms with E-state index in [4.69, 9.17) is 4.74 Å². The maximum absolute atomic E-state index is 11.1. The first kappa shape index (κ1) is 105. The van der Waals surface area contributed by atoms with E-state index in [2.05, 4.69) is 292 Å². The second kappa shape index (κ2) is 58.6. The van der Waals surface area contributed by atoms with E-state index < -0.39 is 0 Å². The first-order chi connectivity index (χ1) is 51.9. The molecule has 0 aromatic carbocycles. The van der Waals surface area contributed by atoms with Crippen molar-refractivity contribution in [2.24, 2.45) is 0 Å². The van der Waals surface area contributed by atoms with E-state index >= 15 is 0 Å². The molecule has 110 heavy (non-hydrogen) atoms. The van der Waals surface area contributed by atoms with Crippen molar-refractivity contribution in [1.29, 1.82) is 0 Å². The van der Waals surface area contributed by atoms with Crippen LogP contribution in [0.25, 0.3) is 0 Å². The second-order valence-electron chi connectivity index (χ2n) is 37.8. The number of amides is 1. The molecule has 656 valence electrons. The SMILES string of the molecule is CC(=O)N1CCC(N(C)C(C)C)CC1.CC(C)N(C)C1CCCN(C)C1.CC(C)N(C)C1CCN(C2CN(C)C2)CC1.CC(C)N(C)C1CCN(CCCN(C)C)CC1.CC(C)N(C)C1CCOCC1.CC(C)N(C)CCCN1CCN(C)CC1.CC(C)N1CC(N2CCCC2)C1.CCN(CC)CCCN(C)C(C)C. The molecular formula is C90H194N18O2. The van der Waals surface area contributed by atoms with Crippen LogP contribution in [-0.4, -0.2) is 453 Å². The van der Waals surface area contributed by atoms with E-state index in [0.717, 1.165) is 81.4 Å². The van der Waals surface area contributed by atoms with E-state index in [1.807, 2.05) is 4.90 Å². The third-order valence-electron chi connectivity index (χ3n) is 26.9. The molecule has 9 rings (SSSR count). The molecule has 0 aromatic rings. The van der Waals surface area contributed by atoms with Crippen molar-refractivity contribution < 1.29 is 9.53 Å². The average Bonchev–Trinajstić information content (AvgIpc) is 1.20. The summed E-state index contributed by atoms with van der Waals surface area (Å²) in [6.07, 6.45) is 19.5. The minimum atomic E-state index is 0.218. The molecule has 9 fully saturated rings. The zero-order valence-corrected chi connectivity index (χ0v) is 79.4. The summed E-state index contributed by atoms with van der Waals surface area (Å²) < 4.78 is 5.30. The molecule has 1 atom stereocenters. The summed E-state index contributed by atoms with van der Waals surface area (Å²) in [6, 6.07) is 11.0. The largest absolute Gasteiger partial charge is 0.381 e. The Hall–Kier alpha value is -1.25. The third kappa shape index (κ3) is 43.5. The molecule has 0 radical (unpaired) electrons. The lowest BCUT2D eigenvalue weighted by atomic mass is 9.98. The molecule has 0 saturated carbocycles. The Balaban J connectivity index is 0.000000428. The van der Waals surface area contributed by atoms with Gasteiger partial charge in [-0.25, -0.2) is 0 Å². The average molecular weight is 1560 g/mol. The molecule has 1 amide bonds. The van der Waals surface area contributed by atoms with Gasteiger partial charge in [0.2, 0.25) is 5.91 Å². The maximum atomic E-state index is 11.1. The van der Waals surface area contributed by atoms with Crippen LogP contribution in [0.3, 0.4) is 0 Å². The minimum absolute atomic E-state index is 0.218. The highest BCUT2D eigenvalue weighted by Crippen LogP contribution is 2.25. The molecule has 20 heteroatoms. The molecule has 9 heterocycles. The Bertz CT molecular complexity index is 2150. The number of piperazine rings is 1. The van der Waals surface area contributed by atoms with Gasteiger partial charge in [0, 0.05) is 196 Å². The number of nitrogens with zero attached hydrogens (tertiary/aromatic N) is 18. The summed E-state index contributed by atoms with van der Waals surface area (Å²) in [5, 5.41) is 0. The zero-order chi connectivity index (χ0) is 82.7. The van der Waals surface area contributed by atoms with E-state index in [1.165, 1.54) is 241 Å². The molecular weight excluding hydrogens is 1370 g/mol. The Labute approximate surface area is 686 Å². The van der Waals surface area contributed by atoms with Crippen molar-refractivity contribution in [3.8, 4) is 0 Å². The fourth-order valence-electron chi connectivity index (χ4n) is 16.4. The molecule has 9 aliphatic heterocycles. The maximum Gasteiger partial charge on any atom is 0.219 e. The van der Waals surface area contributed by atoms with Crippen molar-refractivity contribution in [2.45, 2.75) is 318 Å². The van der Waals surface area contributed by atoms with Crippen molar-refractivity contribution in [3.63, 3.8) is 0 Å². The van der Waals surface area contributed by atoms with Crippen LogP contribution in [0, 0.1) is 0 Å². The summed E-state index contributed by atoms with van der Waals surface area (Å²) >= 11 is 0. The minimum Gasteiger partial charge on any atom is -0.381 e. The second-order valence-corrected chi connectivity index (χ2v) is 37.8. The standard InChI is InChI=1S/C14H31N3.C13H27N3.C12H27N3.C11H22N2O.C11H26N2.C10H20N2.C10H22N2.C9H19NO/c1-13(2)16(5)14-7-11-17(12-8-14)10-6-9-15(3)4;1-11(2)15(4)12-5-7-16(8-6-12)13-9-14(3)10-13;1-12(2)14(4)6-5-7-15-10-8-13(3)9-11-15;1-9(2)12(4)11-5-7-13(8-6-11)10(3)14;1-6-13(7-2)10-8-9-12(5)11(3)4;1-9(2)12-7-10(8-12)11-5-3-4-6-11;1-9(2)12(4)10-6-5-7-11(3)8-10;1-8(2)10(3)9-4-6-11-7-5-9/h13-14H,6-12H2,1-5H3;11-13H,5-10H2,1-4H3;12H,5-11H2,1-4H3;9,11H,5-8H2,1-4H3;11H,6-10H2,1-5H3;9-10H,3-8H2,1-2H3;9-10H,5-8H2,1-4H3;8-9H,4-7H2,1-3H3. The fourth-order valence-corrected chi connectivity index (χ4v) is 16.4. The smallest absolute Gasteiger partial charge is 0.219 e. The molecule has 1 unspecified atom stereocenters. The number of rotatable bonds is 29. The van der Waals surface area contributed by atoms with Crippen LogP contribution in [-0.2, 0) is 9.53 Å². The number of likely N-dealkylation sites (tertiary alicyclic amines) is 7. The first-order valence-electron chi connectivity index (χ1n) is 45.8. The Morgan fingerprint density at radius 3 is 1.14 bits per heavy atom. The van der Waals surface area contributed by atoms with Gasteiger partial charge in [0.25, 0.3) is 0 Å². The van der Waals surface area contributed by atoms with Gasteiger partial charge in [-0.05, 0) is 377 Å². The Morgan fingerprint density at radius 2 is 0.745 bits per heavy atom. The summed E-state index contributed by atoms with van der Waals surface area (Å²) in [5.41, 5.74) is 0. The van der Waals surface area contributed by atoms with Gasteiger partial charge in [0.05, 0.1) is 0 Å². The van der Waals surface area contributed by atoms with Gasteiger partial charge >= 0.3 is 0 Å². The lowest BCUT2D eigenvalue weighted by Gasteiger charge is -2.47. The van der Waals surface area contributed by atoms with Crippen LogP contribution in [0.2, 0.25) is 0 Å². The highest BCUT2D eigenvalue weighted by atomic mass is 16.5. The predicted molar refractivity (Wildman–Crippen MR) is 480 cm³/mol. The van der Waals surface area contributed by atoms with Gasteiger partial charge in [0.15, 0.2) is 0 Å². The number of hydrogen-bond donors (Lipinski definition) is 0. The van der Waals surface area contributed by atoms with Crippen molar-refractivity contribution >= 4 is 5.91 Å². The normalized spacial score (nSPS) is 21.8.